The molecule has 44 valence electrons. The van der Waals surface area contributed by atoms with Gasteiger partial charge in [-0.15, -0.1) is 12.4 Å². The van der Waals surface area contributed by atoms with Gasteiger partial charge in [-0.3, -0.25) is 5.32 Å². The predicted molar refractivity (Wildman–Crippen MR) is 29.3 cm³/mol. The van der Waals surface area contributed by atoms with Gasteiger partial charge in [-0.2, -0.15) is 0 Å². The molecule has 0 amide bonds. The van der Waals surface area contributed by atoms with Crippen LogP contribution in [0.15, 0.2) is 0 Å². The fraction of sp³-hybridized carbons (Fsp3) is 1.00. The molecule has 1 unspecified atom stereocenters. The second-order valence-electron chi connectivity index (χ2n) is 1.47. The second kappa shape index (κ2) is 3.21. The standard InChI is InChI=1S/C3H8N2O.ClH/c6-5-2-1-4-3-5;/h4-5H,1-3H2;1H. The average molecular weight is 125 g/mol. The zero-order valence-electron chi connectivity index (χ0n) is 3.94. The van der Waals surface area contributed by atoms with Crippen molar-refractivity contribution in [2.24, 2.45) is 0 Å². The summed E-state index contributed by atoms with van der Waals surface area (Å²) in [5, 5.41) is 13.4. The number of rotatable bonds is 0. The molecule has 3 nitrogen and oxygen atoms in total. The van der Waals surface area contributed by atoms with Gasteiger partial charge in [0.2, 0.25) is 0 Å². The highest BCUT2D eigenvalue weighted by atomic mass is 35.5. The summed E-state index contributed by atoms with van der Waals surface area (Å²) in [6.45, 7) is 2.22. The van der Waals surface area contributed by atoms with E-state index in [1.54, 1.807) is 0 Å². The van der Waals surface area contributed by atoms with Crippen molar-refractivity contribution in [3.63, 3.8) is 0 Å². The lowest BCUT2D eigenvalue weighted by Gasteiger charge is -2.10. The third kappa shape index (κ3) is 2.09. The van der Waals surface area contributed by atoms with Crippen LogP contribution in [0.2, 0.25) is 0 Å². The molecule has 0 bridgehead atoms. The summed E-state index contributed by atoms with van der Waals surface area (Å²) in [5.41, 5.74) is 0. The number of nitrogens with one attached hydrogen (secondary N) is 2. The Morgan fingerprint density at radius 3 is 2.43 bits per heavy atom. The van der Waals surface area contributed by atoms with Gasteiger partial charge in [-0.1, -0.05) is 0 Å². The minimum atomic E-state index is 0. The Kier molecular flexibility index (Phi) is 3.29. The molecule has 4 heteroatoms. The molecule has 0 aromatic heterocycles. The maximum Gasteiger partial charge on any atom is 0.130 e. The van der Waals surface area contributed by atoms with Gasteiger partial charge in [0, 0.05) is 6.54 Å². The summed E-state index contributed by atoms with van der Waals surface area (Å²) in [6, 6.07) is 0. The fourth-order valence-electron chi connectivity index (χ4n) is 0.544. The highest BCUT2D eigenvalue weighted by Gasteiger charge is 2.02. The van der Waals surface area contributed by atoms with Crippen LogP contribution in [-0.2, 0) is 0 Å². The lowest BCUT2D eigenvalue weighted by atomic mass is 10.7. The summed E-state index contributed by atoms with van der Waals surface area (Å²) in [5.74, 6) is 0. The zero-order valence-corrected chi connectivity index (χ0v) is 4.75. The van der Waals surface area contributed by atoms with Gasteiger partial charge in [-0.05, 0) is 0 Å². The first-order valence-electron chi connectivity index (χ1n) is 2.12. The third-order valence-electron chi connectivity index (χ3n) is 0.903. The highest BCUT2D eigenvalue weighted by molar-refractivity contribution is 5.85. The first-order valence-corrected chi connectivity index (χ1v) is 2.12. The molecule has 0 spiro atoms. The van der Waals surface area contributed by atoms with Gasteiger partial charge in [0.1, 0.15) is 6.67 Å². The van der Waals surface area contributed by atoms with Gasteiger partial charge >= 0.3 is 0 Å². The van der Waals surface area contributed by atoms with Crippen LogP contribution in [0.5, 0.6) is 0 Å². The Bertz CT molecular complexity index is 46.2. The van der Waals surface area contributed by atoms with E-state index < -0.39 is 0 Å². The molecule has 1 fully saturated rings. The topological polar surface area (TPSA) is 39.5 Å². The number of hydroxylamine groups is 2. The molecule has 1 aliphatic rings. The van der Waals surface area contributed by atoms with E-state index in [0.717, 1.165) is 13.1 Å². The minimum Gasteiger partial charge on any atom is -0.633 e. The number of hydrogen-bond donors (Lipinski definition) is 2. The van der Waals surface area contributed by atoms with Crippen molar-refractivity contribution in [1.29, 1.82) is 0 Å². The van der Waals surface area contributed by atoms with Gasteiger partial charge in [0.15, 0.2) is 0 Å². The first kappa shape index (κ1) is 7.17. The van der Waals surface area contributed by atoms with Crippen LogP contribution in [0.3, 0.4) is 0 Å². The van der Waals surface area contributed by atoms with E-state index in [-0.39, 0.29) is 12.4 Å². The van der Waals surface area contributed by atoms with Gasteiger partial charge in [-0.25, -0.2) is 0 Å². The molecule has 2 N–H and O–H groups in total. The molecular weight excluding hydrogens is 115 g/mol. The van der Waals surface area contributed by atoms with Crippen LogP contribution in [0.1, 0.15) is 0 Å². The van der Waals surface area contributed by atoms with Crippen molar-refractivity contribution in [1.82, 2.24) is 5.32 Å². The normalized spacial score (nSPS) is 29.6. The van der Waals surface area contributed by atoms with Crippen LogP contribution in [-0.4, -0.2) is 19.8 Å². The van der Waals surface area contributed by atoms with Gasteiger partial charge < -0.3 is 10.3 Å². The molecule has 1 rings (SSSR count). The van der Waals surface area contributed by atoms with Crippen molar-refractivity contribution < 1.29 is 5.06 Å². The Balaban J connectivity index is 0.000000360. The fourth-order valence-corrected chi connectivity index (χ4v) is 0.544. The van der Waals surface area contributed by atoms with Crippen LogP contribution in [0, 0.1) is 5.21 Å². The highest BCUT2D eigenvalue weighted by Crippen LogP contribution is 1.54. The van der Waals surface area contributed by atoms with Gasteiger partial charge in [0.05, 0.1) is 6.54 Å². The van der Waals surface area contributed by atoms with Crippen molar-refractivity contribution in [3.05, 3.63) is 5.21 Å². The largest absolute Gasteiger partial charge is 0.633 e. The van der Waals surface area contributed by atoms with Crippen LogP contribution in [0.25, 0.3) is 0 Å². The number of halogens is 1. The number of hydrogen-bond acceptors (Lipinski definition) is 2. The van der Waals surface area contributed by atoms with Crippen LogP contribution >= 0.6 is 12.4 Å². The van der Waals surface area contributed by atoms with E-state index in [0.29, 0.717) is 11.7 Å². The Hall–Kier alpha value is 0.170. The van der Waals surface area contributed by atoms with E-state index in [1.807, 2.05) is 0 Å². The molecule has 7 heavy (non-hydrogen) atoms. The summed E-state index contributed by atoms with van der Waals surface area (Å²) < 4.78 is 0. The Morgan fingerprint density at radius 1 is 1.57 bits per heavy atom. The third-order valence-corrected chi connectivity index (χ3v) is 0.903. The van der Waals surface area contributed by atoms with Crippen molar-refractivity contribution >= 4 is 12.4 Å². The lowest BCUT2D eigenvalue weighted by molar-refractivity contribution is -0.834. The first-order chi connectivity index (χ1) is 2.89. The summed E-state index contributed by atoms with van der Waals surface area (Å²) in [6.07, 6.45) is 0. The molecule has 1 saturated heterocycles. The van der Waals surface area contributed by atoms with Crippen molar-refractivity contribution in [2.45, 2.75) is 0 Å². The monoisotopic (exact) mass is 124 g/mol. The van der Waals surface area contributed by atoms with Crippen molar-refractivity contribution in [2.75, 3.05) is 19.8 Å². The molecule has 1 aliphatic heterocycles. The quantitative estimate of drug-likeness (QED) is 0.380. The molecule has 0 aliphatic carbocycles. The van der Waals surface area contributed by atoms with E-state index >= 15 is 0 Å². The van der Waals surface area contributed by atoms with Gasteiger partial charge in [0.25, 0.3) is 0 Å². The number of quaternary nitrogens is 1. The summed E-state index contributed by atoms with van der Waals surface area (Å²) in [4.78, 5) is 0. The molecule has 0 radical (unpaired) electrons. The van der Waals surface area contributed by atoms with E-state index in [2.05, 4.69) is 5.32 Å². The van der Waals surface area contributed by atoms with E-state index in [1.165, 1.54) is 0 Å². The van der Waals surface area contributed by atoms with E-state index in [9.17, 15) is 5.21 Å². The van der Waals surface area contributed by atoms with Crippen LogP contribution < -0.4 is 10.4 Å². The van der Waals surface area contributed by atoms with E-state index in [4.69, 9.17) is 0 Å². The molecule has 0 aromatic rings. The summed E-state index contributed by atoms with van der Waals surface area (Å²) in [7, 11) is 0. The molecular formula is C3H9ClN2O. The molecule has 0 saturated carbocycles. The van der Waals surface area contributed by atoms with Crippen molar-refractivity contribution in [3.8, 4) is 0 Å². The Morgan fingerprint density at radius 2 is 2.29 bits per heavy atom. The minimum absolute atomic E-state index is 0. The zero-order chi connectivity index (χ0) is 4.41. The predicted octanol–water partition coefficient (Wildman–Crippen LogP) is -1.65. The maximum atomic E-state index is 10.2. The lowest BCUT2D eigenvalue weighted by Crippen LogP contribution is -3.05. The smallest absolute Gasteiger partial charge is 0.130 e. The second-order valence-corrected chi connectivity index (χ2v) is 1.47. The molecule has 0 aromatic carbocycles. The average Bonchev–Trinajstić information content (AvgIpc) is 1.86. The maximum absolute atomic E-state index is 10.2. The SMILES string of the molecule is Cl.[O-][NH+]1CCNC1. The Labute approximate surface area is 48.7 Å². The summed E-state index contributed by atoms with van der Waals surface area (Å²) >= 11 is 0. The van der Waals surface area contributed by atoms with Crippen LogP contribution in [0.4, 0.5) is 0 Å². The molecule has 1 atom stereocenters. The molecule has 1 heterocycles.